The smallest absolute Gasteiger partial charge is 0.173 e. The molecule has 3 rings (SSSR count). The summed E-state index contributed by atoms with van der Waals surface area (Å²) in [5, 5.41) is 15.3. The fourth-order valence-corrected chi connectivity index (χ4v) is 2.86. The van der Waals surface area contributed by atoms with Crippen LogP contribution in [0.1, 0.15) is 23.8 Å². The average Bonchev–Trinajstić information content (AvgIpc) is 3.24. The van der Waals surface area contributed by atoms with Gasteiger partial charge in [-0.2, -0.15) is 4.68 Å². The number of likely N-dealkylation sites (N-methyl/N-ethyl adjacent to an activating group) is 1. The molecular formula is C15H18N6S. The molecule has 0 aliphatic carbocycles. The topological polar surface area (TPSA) is 59.7 Å². The minimum atomic E-state index is 0.121. The molecule has 6 nitrogen and oxygen atoms in total. The van der Waals surface area contributed by atoms with Gasteiger partial charge in [-0.25, -0.2) is 4.98 Å². The highest BCUT2D eigenvalue weighted by Crippen LogP contribution is 2.19. The number of para-hydroxylation sites is 1. The van der Waals surface area contributed by atoms with Crippen molar-refractivity contribution in [3.8, 4) is 5.69 Å². The summed E-state index contributed by atoms with van der Waals surface area (Å²) >= 11 is 1.69. The van der Waals surface area contributed by atoms with Crippen LogP contribution in [0.5, 0.6) is 0 Å². The number of tetrazole rings is 1. The number of hydrogen-bond acceptors (Lipinski definition) is 6. The number of rotatable bonds is 6. The van der Waals surface area contributed by atoms with Crippen LogP contribution in [0, 0.1) is 0 Å². The Morgan fingerprint density at radius 2 is 2.09 bits per heavy atom. The Hall–Kier alpha value is -2.12. The lowest BCUT2D eigenvalue weighted by molar-refractivity contribution is 0.252. The van der Waals surface area contributed by atoms with Gasteiger partial charge < -0.3 is 0 Å². The van der Waals surface area contributed by atoms with Crippen LogP contribution in [0.3, 0.4) is 0 Å². The zero-order valence-electron chi connectivity index (χ0n) is 12.6. The van der Waals surface area contributed by atoms with Gasteiger partial charge in [-0.15, -0.1) is 16.4 Å². The van der Waals surface area contributed by atoms with Crippen molar-refractivity contribution in [3.05, 3.63) is 52.7 Å². The van der Waals surface area contributed by atoms with Gasteiger partial charge in [-0.1, -0.05) is 18.2 Å². The fourth-order valence-electron chi connectivity index (χ4n) is 2.25. The summed E-state index contributed by atoms with van der Waals surface area (Å²) in [4.78, 5) is 6.56. The summed E-state index contributed by atoms with van der Waals surface area (Å²) in [6.45, 7) is 3.03. The van der Waals surface area contributed by atoms with Crippen LogP contribution in [0.2, 0.25) is 0 Å². The first-order valence-electron chi connectivity index (χ1n) is 7.18. The molecular weight excluding hydrogens is 296 g/mol. The Labute approximate surface area is 133 Å². The zero-order chi connectivity index (χ0) is 15.4. The monoisotopic (exact) mass is 314 g/mol. The van der Waals surface area contributed by atoms with Gasteiger partial charge in [0.05, 0.1) is 16.7 Å². The summed E-state index contributed by atoms with van der Waals surface area (Å²) in [5.41, 5.74) is 0.975. The van der Waals surface area contributed by atoms with E-state index < -0.39 is 0 Å². The Morgan fingerprint density at radius 1 is 1.27 bits per heavy atom. The second-order valence-electron chi connectivity index (χ2n) is 5.12. The van der Waals surface area contributed by atoms with E-state index in [1.807, 2.05) is 41.9 Å². The molecule has 0 fully saturated rings. The first-order chi connectivity index (χ1) is 10.8. The number of benzene rings is 1. The van der Waals surface area contributed by atoms with Crippen LogP contribution in [0.4, 0.5) is 0 Å². The van der Waals surface area contributed by atoms with E-state index in [0.717, 1.165) is 29.5 Å². The molecule has 7 heteroatoms. The van der Waals surface area contributed by atoms with Crippen LogP contribution >= 0.6 is 11.3 Å². The Bertz CT molecular complexity index is 694. The highest BCUT2D eigenvalue weighted by Gasteiger charge is 2.19. The fraction of sp³-hybridized carbons (Fsp3) is 0.333. The van der Waals surface area contributed by atoms with Crippen molar-refractivity contribution < 1.29 is 0 Å². The normalized spacial score (nSPS) is 12.7. The maximum atomic E-state index is 4.32. The Kier molecular flexibility index (Phi) is 4.55. The summed E-state index contributed by atoms with van der Waals surface area (Å²) in [6, 6.07) is 10.1. The third kappa shape index (κ3) is 3.20. The van der Waals surface area contributed by atoms with Crippen molar-refractivity contribution in [3.63, 3.8) is 0 Å². The van der Waals surface area contributed by atoms with Gasteiger partial charge in [-0.05, 0) is 36.5 Å². The Balaban J connectivity index is 1.72. The van der Waals surface area contributed by atoms with Gasteiger partial charge in [0.1, 0.15) is 0 Å². The molecule has 2 heterocycles. The largest absolute Gasteiger partial charge is 0.296 e. The highest BCUT2D eigenvalue weighted by molar-refractivity contribution is 7.09. The molecule has 2 aromatic heterocycles. The summed E-state index contributed by atoms with van der Waals surface area (Å²) in [6.07, 6.45) is 2.78. The first kappa shape index (κ1) is 14.8. The average molecular weight is 314 g/mol. The molecule has 1 aromatic carbocycles. The number of thiazole rings is 1. The van der Waals surface area contributed by atoms with E-state index in [1.54, 1.807) is 16.0 Å². The van der Waals surface area contributed by atoms with Crippen molar-refractivity contribution in [2.75, 3.05) is 13.6 Å². The third-order valence-electron chi connectivity index (χ3n) is 3.69. The second-order valence-corrected chi connectivity index (χ2v) is 6.10. The van der Waals surface area contributed by atoms with E-state index in [0.29, 0.717) is 0 Å². The molecule has 0 amide bonds. The molecule has 0 radical (unpaired) electrons. The highest BCUT2D eigenvalue weighted by atomic mass is 32.1. The van der Waals surface area contributed by atoms with Crippen molar-refractivity contribution in [1.82, 2.24) is 30.1 Å². The molecule has 0 spiro atoms. The molecule has 0 aliphatic rings. The van der Waals surface area contributed by atoms with Crippen molar-refractivity contribution in [2.45, 2.75) is 19.4 Å². The van der Waals surface area contributed by atoms with Gasteiger partial charge >= 0.3 is 0 Å². The maximum absolute atomic E-state index is 4.32. The zero-order valence-corrected chi connectivity index (χ0v) is 13.4. The molecule has 0 saturated carbocycles. The predicted molar refractivity (Wildman–Crippen MR) is 86.0 cm³/mol. The summed E-state index contributed by atoms with van der Waals surface area (Å²) in [7, 11) is 2.09. The lowest BCUT2D eigenvalue weighted by Crippen LogP contribution is -2.27. The maximum Gasteiger partial charge on any atom is 0.173 e. The van der Waals surface area contributed by atoms with Crippen LogP contribution in [-0.4, -0.2) is 43.7 Å². The molecule has 22 heavy (non-hydrogen) atoms. The van der Waals surface area contributed by atoms with Gasteiger partial charge in [0.15, 0.2) is 5.82 Å². The summed E-state index contributed by atoms with van der Waals surface area (Å²) in [5.74, 6) is 0.841. The van der Waals surface area contributed by atoms with E-state index in [9.17, 15) is 0 Å². The SMILES string of the molecule is C[C@H](c1nnnn1-c1ccccc1)N(C)CCc1nccs1. The Morgan fingerprint density at radius 3 is 2.82 bits per heavy atom. The minimum absolute atomic E-state index is 0.121. The van der Waals surface area contributed by atoms with Crippen LogP contribution in [-0.2, 0) is 6.42 Å². The molecule has 3 aromatic rings. The van der Waals surface area contributed by atoms with Gasteiger partial charge in [0, 0.05) is 24.5 Å². The van der Waals surface area contributed by atoms with Gasteiger partial charge in [-0.3, -0.25) is 4.90 Å². The minimum Gasteiger partial charge on any atom is -0.296 e. The third-order valence-corrected chi connectivity index (χ3v) is 4.53. The van der Waals surface area contributed by atoms with Crippen molar-refractivity contribution >= 4 is 11.3 Å². The molecule has 114 valence electrons. The predicted octanol–water partition coefficient (Wildman–Crippen LogP) is 2.35. The quantitative estimate of drug-likeness (QED) is 0.699. The van der Waals surface area contributed by atoms with E-state index >= 15 is 0 Å². The molecule has 0 bridgehead atoms. The molecule has 0 unspecified atom stereocenters. The van der Waals surface area contributed by atoms with E-state index in [1.165, 1.54) is 0 Å². The van der Waals surface area contributed by atoms with E-state index in [2.05, 4.69) is 39.4 Å². The molecule has 0 aliphatic heterocycles. The summed E-state index contributed by atoms with van der Waals surface area (Å²) < 4.78 is 1.80. The van der Waals surface area contributed by atoms with Gasteiger partial charge in [0.25, 0.3) is 0 Å². The van der Waals surface area contributed by atoms with Crippen LogP contribution in [0.15, 0.2) is 41.9 Å². The van der Waals surface area contributed by atoms with Gasteiger partial charge in [0.2, 0.25) is 0 Å². The molecule has 1 atom stereocenters. The van der Waals surface area contributed by atoms with Crippen molar-refractivity contribution in [2.24, 2.45) is 0 Å². The number of hydrogen-bond donors (Lipinski definition) is 0. The van der Waals surface area contributed by atoms with E-state index in [-0.39, 0.29) is 6.04 Å². The molecule has 0 N–H and O–H groups in total. The molecule has 0 saturated heterocycles. The van der Waals surface area contributed by atoms with Crippen molar-refractivity contribution in [1.29, 1.82) is 0 Å². The first-order valence-corrected chi connectivity index (χ1v) is 8.06. The van der Waals surface area contributed by atoms with Crippen LogP contribution in [0.25, 0.3) is 5.69 Å². The lowest BCUT2D eigenvalue weighted by atomic mass is 10.2. The number of aromatic nitrogens is 5. The standard InChI is InChI=1S/C15H18N6S/c1-12(20(2)10-8-14-16-9-11-22-14)15-17-18-19-21(15)13-6-4-3-5-7-13/h3-7,9,11-12H,8,10H2,1-2H3/t12-/m1/s1. The number of nitrogens with zero attached hydrogens (tertiary/aromatic N) is 6. The van der Waals surface area contributed by atoms with Crippen LogP contribution < -0.4 is 0 Å². The second kappa shape index (κ2) is 6.76. The van der Waals surface area contributed by atoms with E-state index in [4.69, 9.17) is 0 Å². The lowest BCUT2D eigenvalue weighted by Gasteiger charge is -2.23.